The van der Waals surface area contributed by atoms with Gasteiger partial charge in [-0.05, 0) is 42.2 Å². The van der Waals surface area contributed by atoms with Gasteiger partial charge in [0, 0.05) is 6.04 Å². The van der Waals surface area contributed by atoms with Gasteiger partial charge >= 0.3 is 0 Å². The highest BCUT2D eigenvalue weighted by Crippen LogP contribution is 2.46. The van der Waals surface area contributed by atoms with Gasteiger partial charge in [0.2, 0.25) is 0 Å². The average Bonchev–Trinajstić information content (AvgIpc) is 2.25. The predicted molar refractivity (Wildman–Crippen MR) is 80.0 cm³/mol. The first kappa shape index (κ1) is 13.9. The van der Waals surface area contributed by atoms with E-state index < -0.39 is 0 Å². The first-order valence-electron chi connectivity index (χ1n) is 7.07. The van der Waals surface area contributed by atoms with Crippen molar-refractivity contribution in [2.24, 2.45) is 10.8 Å². The lowest BCUT2D eigenvalue weighted by Gasteiger charge is -2.45. The molecule has 0 spiro atoms. The number of nitrogens with zero attached hydrogens (tertiary/aromatic N) is 1. The quantitative estimate of drug-likeness (QED) is 0.841. The zero-order chi connectivity index (χ0) is 14.1. The molecule has 0 aliphatic heterocycles. The fraction of sp³-hybridized carbons (Fsp3) is 0.588. The number of benzene rings is 1. The molecule has 1 saturated carbocycles. The summed E-state index contributed by atoms with van der Waals surface area (Å²) in [7, 11) is 0. The predicted octanol–water partition coefficient (Wildman–Crippen LogP) is 4.58. The number of hydrogen-bond acceptors (Lipinski definition) is 2. The van der Waals surface area contributed by atoms with E-state index in [1.165, 1.54) is 6.42 Å². The van der Waals surface area contributed by atoms with Crippen LogP contribution in [0.25, 0.3) is 0 Å². The summed E-state index contributed by atoms with van der Waals surface area (Å²) in [5.74, 6) is 0. The summed E-state index contributed by atoms with van der Waals surface area (Å²) < 4.78 is 0. The number of nitriles is 1. The van der Waals surface area contributed by atoms with Crippen molar-refractivity contribution in [3.8, 4) is 6.07 Å². The summed E-state index contributed by atoms with van der Waals surface area (Å²) in [6, 6.07) is 10.5. The largest absolute Gasteiger partial charge is 0.381 e. The van der Waals surface area contributed by atoms with Crippen molar-refractivity contribution in [2.75, 3.05) is 5.32 Å². The summed E-state index contributed by atoms with van der Waals surface area (Å²) in [5, 5.41) is 12.8. The second-order valence-corrected chi connectivity index (χ2v) is 7.41. The summed E-state index contributed by atoms with van der Waals surface area (Å²) >= 11 is 0. The normalized spacial score (nSPS) is 21.6. The van der Waals surface area contributed by atoms with Gasteiger partial charge in [0.1, 0.15) is 6.07 Å². The fourth-order valence-electron chi connectivity index (χ4n) is 3.87. The van der Waals surface area contributed by atoms with Gasteiger partial charge in [-0.3, -0.25) is 0 Å². The van der Waals surface area contributed by atoms with E-state index in [1.54, 1.807) is 0 Å². The summed E-state index contributed by atoms with van der Waals surface area (Å²) in [6.07, 6.45) is 3.59. The van der Waals surface area contributed by atoms with Crippen molar-refractivity contribution in [3.05, 3.63) is 29.8 Å². The Morgan fingerprint density at radius 1 is 1.11 bits per heavy atom. The van der Waals surface area contributed by atoms with Crippen LogP contribution in [0.15, 0.2) is 24.3 Å². The van der Waals surface area contributed by atoms with Crippen LogP contribution in [0.3, 0.4) is 0 Å². The average molecular weight is 256 g/mol. The Bertz CT molecular complexity index is 478. The molecule has 0 heterocycles. The van der Waals surface area contributed by atoms with Crippen LogP contribution in [0, 0.1) is 22.2 Å². The van der Waals surface area contributed by atoms with Crippen molar-refractivity contribution >= 4 is 5.69 Å². The molecular formula is C17H24N2. The highest BCUT2D eigenvalue weighted by atomic mass is 14.9. The highest BCUT2D eigenvalue weighted by molar-refractivity contribution is 5.57. The third kappa shape index (κ3) is 3.50. The maximum absolute atomic E-state index is 9.16. The maximum atomic E-state index is 9.16. The molecule has 1 aromatic rings. The Hall–Kier alpha value is -1.49. The highest BCUT2D eigenvalue weighted by Gasteiger charge is 2.38. The Morgan fingerprint density at radius 2 is 1.68 bits per heavy atom. The third-order valence-electron chi connectivity index (χ3n) is 3.96. The minimum absolute atomic E-state index is 0.362. The number of rotatable bonds is 2. The molecule has 2 nitrogen and oxygen atoms in total. The maximum Gasteiger partial charge on any atom is 0.101 e. The van der Waals surface area contributed by atoms with Crippen LogP contribution < -0.4 is 5.32 Å². The molecule has 2 rings (SSSR count). The number of nitrogens with one attached hydrogen (secondary N) is 1. The number of para-hydroxylation sites is 1. The molecule has 1 aromatic carbocycles. The molecule has 1 N–H and O–H groups in total. The lowest BCUT2D eigenvalue weighted by atomic mass is 9.63. The van der Waals surface area contributed by atoms with Gasteiger partial charge < -0.3 is 5.32 Å². The molecule has 0 saturated heterocycles. The summed E-state index contributed by atoms with van der Waals surface area (Å²) in [5.41, 5.74) is 2.44. The summed E-state index contributed by atoms with van der Waals surface area (Å²) in [6.45, 7) is 9.38. The van der Waals surface area contributed by atoms with Crippen LogP contribution in [-0.4, -0.2) is 6.04 Å². The zero-order valence-corrected chi connectivity index (χ0v) is 12.5. The third-order valence-corrected chi connectivity index (χ3v) is 3.96. The molecule has 0 bridgehead atoms. The van der Waals surface area contributed by atoms with Gasteiger partial charge in [-0.2, -0.15) is 5.26 Å². The van der Waals surface area contributed by atoms with Gasteiger partial charge in [0.05, 0.1) is 11.3 Å². The molecule has 0 radical (unpaired) electrons. The monoisotopic (exact) mass is 256 g/mol. The van der Waals surface area contributed by atoms with E-state index in [0.717, 1.165) is 24.1 Å². The van der Waals surface area contributed by atoms with Gasteiger partial charge in [-0.15, -0.1) is 0 Å². The molecule has 0 aromatic heterocycles. The zero-order valence-electron chi connectivity index (χ0n) is 12.5. The molecule has 0 unspecified atom stereocenters. The van der Waals surface area contributed by atoms with E-state index >= 15 is 0 Å². The van der Waals surface area contributed by atoms with Crippen LogP contribution >= 0.6 is 0 Å². The molecule has 0 atom stereocenters. The Morgan fingerprint density at radius 3 is 2.26 bits per heavy atom. The first-order chi connectivity index (χ1) is 8.81. The van der Waals surface area contributed by atoms with Crippen LogP contribution in [0.4, 0.5) is 5.69 Å². The Kier molecular flexibility index (Phi) is 3.58. The van der Waals surface area contributed by atoms with Gasteiger partial charge in [0.15, 0.2) is 0 Å². The topological polar surface area (TPSA) is 35.8 Å². The van der Waals surface area contributed by atoms with Crippen LogP contribution in [0.1, 0.15) is 52.5 Å². The van der Waals surface area contributed by atoms with Crippen LogP contribution in [-0.2, 0) is 0 Å². The van der Waals surface area contributed by atoms with Crippen LogP contribution in [0.5, 0.6) is 0 Å². The van der Waals surface area contributed by atoms with Gasteiger partial charge in [-0.1, -0.05) is 39.8 Å². The lowest BCUT2D eigenvalue weighted by molar-refractivity contribution is 0.105. The minimum Gasteiger partial charge on any atom is -0.381 e. The Balaban J connectivity index is 2.17. The lowest BCUT2D eigenvalue weighted by Crippen LogP contribution is -2.40. The van der Waals surface area contributed by atoms with Gasteiger partial charge in [-0.25, -0.2) is 0 Å². The standard InChI is InChI=1S/C17H24N2/c1-16(2)9-14(10-17(3,4)12-16)19-15-8-6-5-7-13(15)11-18/h5-8,14,19H,9-10,12H2,1-4H3. The molecule has 1 aliphatic carbocycles. The number of hydrogen-bond donors (Lipinski definition) is 1. The smallest absolute Gasteiger partial charge is 0.101 e. The SMILES string of the molecule is CC1(C)CC(Nc2ccccc2C#N)CC(C)(C)C1. The second kappa shape index (κ2) is 4.89. The van der Waals surface area contributed by atoms with Crippen LogP contribution in [0.2, 0.25) is 0 Å². The molecule has 102 valence electrons. The second-order valence-electron chi connectivity index (χ2n) is 7.41. The van der Waals surface area contributed by atoms with Crippen molar-refractivity contribution in [3.63, 3.8) is 0 Å². The van der Waals surface area contributed by atoms with E-state index in [1.807, 2.05) is 24.3 Å². The van der Waals surface area contributed by atoms with E-state index in [-0.39, 0.29) is 0 Å². The van der Waals surface area contributed by atoms with Crippen molar-refractivity contribution in [2.45, 2.75) is 53.0 Å². The van der Waals surface area contributed by atoms with Gasteiger partial charge in [0.25, 0.3) is 0 Å². The minimum atomic E-state index is 0.362. The van der Waals surface area contributed by atoms with Crippen molar-refractivity contribution < 1.29 is 0 Å². The van der Waals surface area contributed by atoms with E-state index in [2.05, 4.69) is 39.1 Å². The van der Waals surface area contributed by atoms with E-state index in [0.29, 0.717) is 16.9 Å². The number of anilines is 1. The molecular weight excluding hydrogens is 232 g/mol. The molecule has 19 heavy (non-hydrogen) atoms. The molecule has 0 amide bonds. The first-order valence-corrected chi connectivity index (χ1v) is 7.07. The fourth-order valence-corrected chi connectivity index (χ4v) is 3.87. The molecule has 2 heteroatoms. The Labute approximate surface area is 116 Å². The van der Waals surface area contributed by atoms with E-state index in [9.17, 15) is 0 Å². The van der Waals surface area contributed by atoms with E-state index in [4.69, 9.17) is 5.26 Å². The van der Waals surface area contributed by atoms with Crippen molar-refractivity contribution in [1.29, 1.82) is 5.26 Å². The van der Waals surface area contributed by atoms with Crippen molar-refractivity contribution in [1.82, 2.24) is 0 Å². The summed E-state index contributed by atoms with van der Waals surface area (Å²) in [4.78, 5) is 0. The molecule has 1 fully saturated rings. The molecule has 1 aliphatic rings.